The van der Waals surface area contributed by atoms with Gasteiger partial charge >= 0.3 is 5.97 Å². The SMILES string of the molecule is C#CCCCNc1nc(C(=O)OCC)cs1. The van der Waals surface area contributed by atoms with E-state index in [1.807, 2.05) is 0 Å². The third-order valence-electron chi connectivity index (χ3n) is 1.76. The standard InChI is InChI=1S/C11H14N2O2S/c1-3-5-6-7-12-11-13-9(8-16-11)10(14)15-4-2/h1,8H,4-7H2,2H3,(H,12,13). The van der Waals surface area contributed by atoms with Crippen LogP contribution >= 0.6 is 11.3 Å². The number of hydrogen-bond acceptors (Lipinski definition) is 5. The van der Waals surface area contributed by atoms with Crippen molar-refractivity contribution in [2.75, 3.05) is 18.5 Å². The number of anilines is 1. The second-order valence-corrected chi connectivity index (χ2v) is 3.85. The fourth-order valence-electron chi connectivity index (χ4n) is 1.04. The van der Waals surface area contributed by atoms with E-state index in [0.29, 0.717) is 12.3 Å². The number of rotatable bonds is 6. The fraction of sp³-hybridized carbons (Fsp3) is 0.455. The van der Waals surface area contributed by atoms with Crippen molar-refractivity contribution < 1.29 is 9.53 Å². The Hall–Kier alpha value is -1.54. The van der Waals surface area contributed by atoms with E-state index in [9.17, 15) is 4.79 Å². The first-order chi connectivity index (χ1) is 7.77. The second-order valence-electron chi connectivity index (χ2n) is 2.99. The average Bonchev–Trinajstić information content (AvgIpc) is 2.73. The number of hydrogen-bond donors (Lipinski definition) is 1. The molecule has 0 aliphatic heterocycles. The lowest BCUT2D eigenvalue weighted by molar-refractivity contribution is 0.0520. The van der Waals surface area contributed by atoms with Gasteiger partial charge < -0.3 is 10.1 Å². The van der Waals surface area contributed by atoms with Crippen LogP contribution in [0, 0.1) is 12.3 Å². The van der Waals surface area contributed by atoms with Crippen LogP contribution in [0.5, 0.6) is 0 Å². The van der Waals surface area contributed by atoms with E-state index in [1.165, 1.54) is 11.3 Å². The van der Waals surface area contributed by atoms with Crippen LogP contribution in [-0.2, 0) is 4.74 Å². The molecule has 1 aromatic rings. The minimum Gasteiger partial charge on any atom is -0.461 e. The summed E-state index contributed by atoms with van der Waals surface area (Å²) in [5.74, 6) is 2.18. The number of ether oxygens (including phenoxy) is 1. The molecule has 0 spiro atoms. The molecular formula is C11H14N2O2S. The maximum atomic E-state index is 11.3. The van der Waals surface area contributed by atoms with Gasteiger partial charge in [-0.1, -0.05) is 0 Å². The van der Waals surface area contributed by atoms with Gasteiger partial charge in [-0.25, -0.2) is 9.78 Å². The third-order valence-corrected chi connectivity index (χ3v) is 2.56. The number of thiazole rings is 1. The highest BCUT2D eigenvalue weighted by Gasteiger charge is 2.10. The minimum absolute atomic E-state index is 0.353. The van der Waals surface area contributed by atoms with Gasteiger partial charge in [0.25, 0.3) is 0 Å². The number of nitrogens with zero attached hydrogens (tertiary/aromatic N) is 1. The van der Waals surface area contributed by atoms with E-state index in [2.05, 4.69) is 16.2 Å². The predicted molar refractivity (Wildman–Crippen MR) is 64.6 cm³/mol. The second kappa shape index (κ2) is 6.85. The van der Waals surface area contributed by atoms with Crippen LogP contribution in [0.15, 0.2) is 5.38 Å². The average molecular weight is 238 g/mol. The molecule has 0 saturated carbocycles. The Morgan fingerprint density at radius 2 is 2.56 bits per heavy atom. The van der Waals surface area contributed by atoms with Gasteiger partial charge in [-0.3, -0.25) is 0 Å². The number of aromatic nitrogens is 1. The molecule has 4 nitrogen and oxygen atoms in total. The number of terminal acetylenes is 1. The highest BCUT2D eigenvalue weighted by molar-refractivity contribution is 7.13. The summed E-state index contributed by atoms with van der Waals surface area (Å²) in [4.78, 5) is 15.4. The molecule has 0 amide bonds. The molecular weight excluding hydrogens is 224 g/mol. The van der Waals surface area contributed by atoms with Gasteiger partial charge in [0.05, 0.1) is 6.61 Å². The summed E-state index contributed by atoms with van der Waals surface area (Å²) in [5, 5.41) is 5.51. The Morgan fingerprint density at radius 3 is 3.25 bits per heavy atom. The van der Waals surface area contributed by atoms with Gasteiger partial charge in [0.2, 0.25) is 0 Å². The summed E-state index contributed by atoms with van der Waals surface area (Å²) < 4.78 is 4.84. The molecule has 0 bridgehead atoms. The Bertz CT molecular complexity index is 382. The summed E-state index contributed by atoms with van der Waals surface area (Å²) in [5.41, 5.74) is 0.353. The first-order valence-corrected chi connectivity index (χ1v) is 5.96. The largest absolute Gasteiger partial charge is 0.461 e. The Balaban J connectivity index is 2.39. The fourth-order valence-corrected chi connectivity index (χ4v) is 1.75. The quantitative estimate of drug-likeness (QED) is 0.468. The van der Waals surface area contributed by atoms with Crippen LogP contribution in [0.1, 0.15) is 30.3 Å². The van der Waals surface area contributed by atoms with Crippen molar-refractivity contribution in [3.8, 4) is 12.3 Å². The molecule has 1 heterocycles. The zero-order chi connectivity index (χ0) is 11.8. The summed E-state index contributed by atoms with van der Waals surface area (Å²) in [6.07, 6.45) is 6.77. The molecule has 0 aromatic carbocycles. The smallest absolute Gasteiger partial charge is 0.357 e. The summed E-state index contributed by atoms with van der Waals surface area (Å²) in [7, 11) is 0. The molecule has 0 atom stereocenters. The van der Waals surface area contributed by atoms with Crippen molar-refractivity contribution in [1.29, 1.82) is 0 Å². The van der Waals surface area contributed by atoms with E-state index < -0.39 is 0 Å². The van der Waals surface area contributed by atoms with Crippen molar-refractivity contribution in [1.82, 2.24) is 4.98 Å². The van der Waals surface area contributed by atoms with Crippen molar-refractivity contribution in [3.05, 3.63) is 11.1 Å². The molecule has 0 aliphatic carbocycles. The number of carbonyl (C=O) groups is 1. The van der Waals surface area contributed by atoms with Crippen LogP contribution < -0.4 is 5.32 Å². The van der Waals surface area contributed by atoms with Crippen molar-refractivity contribution in [3.63, 3.8) is 0 Å². The topological polar surface area (TPSA) is 51.2 Å². The van der Waals surface area contributed by atoms with Crippen LogP contribution in [0.25, 0.3) is 0 Å². The number of carbonyl (C=O) groups excluding carboxylic acids is 1. The summed E-state index contributed by atoms with van der Waals surface area (Å²) in [6, 6.07) is 0. The van der Waals surface area contributed by atoms with Crippen LogP contribution in [0.2, 0.25) is 0 Å². The first kappa shape index (κ1) is 12.5. The Labute approximate surface area is 99.0 Å². The lowest BCUT2D eigenvalue weighted by Crippen LogP contribution is -2.06. The van der Waals surface area contributed by atoms with Gasteiger partial charge in [-0.05, 0) is 13.3 Å². The van der Waals surface area contributed by atoms with E-state index in [-0.39, 0.29) is 5.97 Å². The van der Waals surface area contributed by atoms with Gasteiger partial charge in [0, 0.05) is 18.3 Å². The van der Waals surface area contributed by atoms with Gasteiger partial charge in [0.1, 0.15) is 0 Å². The monoisotopic (exact) mass is 238 g/mol. The van der Waals surface area contributed by atoms with Gasteiger partial charge in [0.15, 0.2) is 10.8 Å². The molecule has 0 unspecified atom stereocenters. The summed E-state index contributed by atoms with van der Waals surface area (Å²) >= 11 is 1.39. The van der Waals surface area contributed by atoms with Crippen molar-refractivity contribution in [2.45, 2.75) is 19.8 Å². The normalized spacial score (nSPS) is 9.50. The Kier molecular flexibility index (Phi) is 5.37. The third kappa shape index (κ3) is 3.91. The molecule has 16 heavy (non-hydrogen) atoms. The van der Waals surface area contributed by atoms with Gasteiger partial charge in [-0.2, -0.15) is 0 Å². The predicted octanol–water partition coefficient (Wildman–Crippen LogP) is 2.15. The lowest BCUT2D eigenvalue weighted by Gasteiger charge is -1.99. The van der Waals surface area contributed by atoms with Gasteiger partial charge in [-0.15, -0.1) is 23.7 Å². The molecule has 1 rings (SSSR count). The number of esters is 1. The zero-order valence-corrected chi connectivity index (χ0v) is 9.97. The maximum Gasteiger partial charge on any atom is 0.357 e. The van der Waals surface area contributed by atoms with E-state index >= 15 is 0 Å². The van der Waals surface area contributed by atoms with E-state index in [1.54, 1.807) is 12.3 Å². The van der Waals surface area contributed by atoms with E-state index in [0.717, 1.165) is 24.5 Å². The Morgan fingerprint density at radius 1 is 1.75 bits per heavy atom. The lowest BCUT2D eigenvalue weighted by atomic mass is 10.3. The first-order valence-electron chi connectivity index (χ1n) is 5.08. The van der Waals surface area contributed by atoms with E-state index in [4.69, 9.17) is 11.2 Å². The summed E-state index contributed by atoms with van der Waals surface area (Å²) in [6.45, 7) is 2.89. The highest BCUT2D eigenvalue weighted by Crippen LogP contribution is 2.15. The molecule has 0 saturated heterocycles. The van der Waals surface area contributed by atoms with Crippen LogP contribution in [0.3, 0.4) is 0 Å². The minimum atomic E-state index is -0.379. The molecule has 86 valence electrons. The van der Waals surface area contributed by atoms with Crippen molar-refractivity contribution in [2.24, 2.45) is 0 Å². The molecule has 0 radical (unpaired) electrons. The van der Waals surface area contributed by atoms with Crippen LogP contribution in [0.4, 0.5) is 5.13 Å². The number of nitrogens with one attached hydrogen (secondary N) is 1. The van der Waals surface area contributed by atoms with Crippen LogP contribution in [-0.4, -0.2) is 24.1 Å². The zero-order valence-electron chi connectivity index (χ0n) is 9.16. The number of unbranched alkanes of at least 4 members (excludes halogenated alkanes) is 1. The molecule has 0 aliphatic rings. The maximum absolute atomic E-state index is 11.3. The molecule has 1 aromatic heterocycles. The molecule has 5 heteroatoms. The van der Waals surface area contributed by atoms with Crippen molar-refractivity contribution >= 4 is 22.4 Å². The highest BCUT2D eigenvalue weighted by atomic mass is 32.1. The molecule has 1 N–H and O–H groups in total. The molecule has 0 fully saturated rings.